The molecule has 0 amide bonds. The zero-order chi connectivity index (χ0) is 21.6. The van der Waals surface area contributed by atoms with E-state index in [0.29, 0.717) is 29.9 Å². The molecule has 0 saturated carbocycles. The molecule has 1 N–H and O–H groups in total. The topological polar surface area (TPSA) is 80.9 Å². The Balaban J connectivity index is 2.08. The predicted molar refractivity (Wildman–Crippen MR) is 116 cm³/mol. The third-order valence-corrected chi connectivity index (χ3v) is 10.6. The lowest BCUT2D eigenvalue weighted by Gasteiger charge is -2.37. The maximum atomic E-state index is 11.9. The van der Waals surface area contributed by atoms with Crippen molar-refractivity contribution in [3.05, 3.63) is 39.7 Å². The Hall–Kier alpha value is -1.96. The van der Waals surface area contributed by atoms with Gasteiger partial charge in [-0.1, -0.05) is 20.8 Å². The summed E-state index contributed by atoms with van der Waals surface area (Å²) in [6.45, 7) is 15.6. The van der Waals surface area contributed by atoms with Gasteiger partial charge in [-0.05, 0) is 42.8 Å². The molecule has 1 aromatic heterocycles. The number of fused-ring (bicyclic) bond motifs is 1. The van der Waals surface area contributed by atoms with Crippen LogP contribution in [0.1, 0.15) is 44.7 Å². The smallest absolute Gasteiger partial charge is 0.308 e. The van der Waals surface area contributed by atoms with Gasteiger partial charge in [-0.25, -0.2) is 0 Å². The molecule has 6 nitrogen and oxygen atoms in total. The highest BCUT2D eigenvalue weighted by Crippen LogP contribution is 2.43. The summed E-state index contributed by atoms with van der Waals surface area (Å²) in [7, 11) is -1.95. The zero-order valence-corrected chi connectivity index (χ0v) is 19.3. The molecular weight excluding hydrogens is 386 g/mol. The van der Waals surface area contributed by atoms with Gasteiger partial charge in [0.25, 0.3) is 0 Å². The molecule has 158 valence electrons. The van der Waals surface area contributed by atoms with Gasteiger partial charge in [0.1, 0.15) is 5.75 Å². The molecule has 0 bridgehead atoms. The van der Waals surface area contributed by atoms with E-state index in [0.717, 1.165) is 11.1 Å². The Labute approximate surface area is 172 Å². The van der Waals surface area contributed by atoms with Gasteiger partial charge in [0.05, 0.1) is 18.2 Å². The number of epoxide rings is 1. The average Bonchev–Trinajstić information content (AvgIpc) is 3.42. The number of aryl methyl sites for hydroxylation is 1. The first-order valence-corrected chi connectivity index (χ1v) is 12.9. The molecule has 1 fully saturated rings. The van der Waals surface area contributed by atoms with Gasteiger partial charge < -0.3 is 18.9 Å². The van der Waals surface area contributed by atoms with Crippen LogP contribution in [-0.2, 0) is 14.0 Å². The van der Waals surface area contributed by atoms with Crippen molar-refractivity contribution in [2.75, 3.05) is 13.2 Å². The maximum Gasteiger partial charge on any atom is 0.308 e. The number of H-pyrrole nitrogens is 1. The van der Waals surface area contributed by atoms with E-state index in [1.54, 1.807) is 6.07 Å². The third-order valence-electron chi connectivity index (χ3n) is 6.08. The molecule has 2 heterocycles. The molecule has 2 unspecified atom stereocenters. The summed E-state index contributed by atoms with van der Waals surface area (Å²) >= 11 is 0. The standard InChI is InChI=1S/C22H31NO5Si/c1-13-10-16(17(18-12-26-18)11-27-29(6,7)22(3,4)5)21(28-14(2)24)15-8-9-19(25)23-20(13)15/h8-10,17-18H,11-12H2,1-7H3,(H,23,25). The van der Waals surface area contributed by atoms with Crippen LogP contribution >= 0.6 is 0 Å². The highest BCUT2D eigenvalue weighted by Gasteiger charge is 2.41. The fraction of sp³-hybridized carbons (Fsp3) is 0.545. The van der Waals surface area contributed by atoms with E-state index in [9.17, 15) is 9.59 Å². The van der Waals surface area contributed by atoms with Gasteiger partial charge in [-0.2, -0.15) is 0 Å². The summed E-state index contributed by atoms with van der Waals surface area (Å²) in [5, 5.41) is 0.812. The molecule has 2 aromatic rings. The molecule has 1 aliphatic heterocycles. The van der Waals surface area contributed by atoms with Gasteiger partial charge in [-0.3, -0.25) is 9.59 Å². The van der Waals surface area contributed by atoms with Crippen molar-refractivity contribution in [2.45, 2.75) is 64.8 Å². The molecular formula is C22H31NO5Si. The SMILES string of the molecule is CC(=O)Oc1c(C(CO[Si](C)(C)C(C)(C)C)C2CO2)cc(C)c2[nH]c(=O)ccc12. The number of carbonyl (C=O) groups excluding carboxylic acids is 1. The van der Waals surface area contributed by atoms with E-state index >= 15 is 0 Å². The highest BCUT2D eigenvalue weighted by atomic mass is 28.4. The van der Waals surface area contributed by atoms with Gasteiger partial charge in [0, 0.05) is 36.5 Å². The lowest BCUT2D eigenvalue weighted by molar-refractivity contribution is -0.131. The van der Waals surface area contributed by atoms with Crippen molar-refractivity contribution in [1.82, 2.24) is 4.98 Å². The number of esters is 1. The molecule has 0 spiro atoms. The minimum Gasteiger partial charge on any atom is -0.426 e. The molecule has 7 heteroatoms. The molecule has 0 aliphatic carbocycles. The van der Waals surface area contributed by atoms with Crippen LogP contribution in [0.3, 0.4) is 0 Å². The Morgan fingerprint density at radius 3 is 2.55 bits per heavy atom. The second-order valence-corrected chi connectivity index (χ2v) is 14.2. The van der Waals surface area contributed by atoms with Gasteiger partial charge in [0.2, 0.25) is 5.56 Å². The minimum absolute atomic E-state index is 0.0358. The molecule has 2 atom stereocenters. The Bertz CT molecular complexity index is 985. The van der Waals surface area contributed by atoms with Crippen LogP contribution in [0.4, 0.5) is 0 Å². The van der Waals surface area contributed by atoms with Crippen molar-refractivity contribution in [2.24, 2.45) is 0 Å². The Kier molecular flexibility index (Phi) is 5.77. The number of aromatic amines is 1. The number of rotatable bonds is 6. The number of hydrogen-bond acceptors (Lipinski definition) is 5. The number of ether oxygens (including phenoxy) is 2. The molecule has 1 aliphatic rings. The van der Waals surface area contributed by atoms with Crippen molar-refractivity contribution in [3.8, 4) is 5.75 Å². The number of hydrogen-bond donors (Lipinski definition) is 1. The fourth-order valence-corrected chi connectivity index (χ4v) is 4.26. The quantitative estimate of drug-likeness (QED) is 0.329. The maximum absolute atomic E-state index is 11.9. The third kappa shape index (κ3) is 4.62. The van der Waals surface area contributed by atoms with Crippen molar-refractivity contribution < 1.29 is 18.7 Å². The second kappa shape index (κ2) is 7.70. The van der Waals surface area contributed by atoms with Crippen LogP contribution in [0.25, 0.3) is 10.9 Å². The largest absolute Gasteiger partial charge is 0.426 e. The first-order chi connectivity index (χ1) is 13.4. The van der Waals surface area contributed by atoms with Gasteiger partial charge in [-0.15, -0.1) is 0 Å². The van der Waals surface area contributed by atoms with Crippen LogP contribution in [0.5, 0.6) is 5.75 Å². The first kappa shape index (κ1) is 21.7. The van der Waals surface area contributed by atoms with Crippen molar-refractivity contribution in [3.63, 3.8) is 0 Å². The van der Waals surface area contributed by atoms with Crippen LogP contribution in [-0.4, -0.2) is 38.6 Å². The summed E-state index contributed by atoms with van der Waals surface area (Å²) in [6.07, 6.45) is 0.0358. The fourth-order valence-electron chi connectivity index (χ4n) is 3.23. The van der Waals surface area contributed by atoms with Gasteiger partial charge in [0.15, 0.2) is 8.32 Å². The summed E-state index contributed by atoms with van der Waals surface area (Å²) in [5.74, 6) is 0.0329. The first-order valence-electron chi connectivity index (χ1n) is 10.0. The molecule has 3 rings (SSSR count). The van der Waals surface area contributed by atoms with Gasteiger partial charge >= 0.3 is 5.97 Å². The summed E-state index contributed by atoms with van der Waals surface area (Å²) in [4.78, 5) is 26.5. The van der Waals surface area contributed by atoms with Crippen LogP contribution in [0.15, 0.2) is 23.0 Å². The van der Waals surface area contributed by atoms with E-state index < -0.39 is 14.3 Å². The molecule has 29 heavy (non-hydrogen) atoms. The predicted octanol–water partition coefficient (Wildman–Crippen LogP) is 4.27. The van der Waals surface area contributed by atoms with Crippen LogP contribution in [0.2, 0.25) is 18.1 Å². The van der Waals surface area contributed by atoms with Crippen LogP contribution < -0.4 is 10.3 Å². The van der Waals surface area contributed by atoms with Crippen molar-refractivity contribution >= 4 is 25.2 Å². The summed E-state index contributed by atoms with van der Waals surface area (Å²) in [5.41, 5.74) is 2.30. The van der Waals surface area contributed by atoms with E-state index in [-0.39, 0.29) is 22.6 Å². The van der Waals surface area contributed by atoms with E-state index in [1.807, 2.05) is 13.0 Å². The number of benzene rings is 1. The van der Waals surface area contributed by atoms with Crippen LogP contribution in [0, 0.1) is 6.92 Å². The molecule has 1 aromatic carbocycles. The lowest BCUT2D eigenvalue weighted by atomic mass is 9.92. The Morgan fingerprint density at radius 1 is 1.34 bits per heavy atom. The second-order valence-electron chi connectivity index (χ2n) is 9.37. The highest BCUT2D eigenvalue weighted by molar-refractivity contribution is 6.74. The molecule has 0 radical (unpaired) electrons. The average molecular weight is 418 g/mol. The molecule has 1 saturated heterocycles. The Morgan fingerprint density at radius 2 is 2.00 bits per heavy atom. The number of pyridine rings is 1. The number of carbonyl (C=O) groups is 1. The summed E-state index contributed by atoms with van der Waals surface area (Å²) in [6, 6.07) is 5.15. The van der Waals surface area contributed by atoms with E-state index in [1.165, 1.54) is 13.0 Å². The van der Waals surface area contributed by atoms with E-state index in [4.69, 9.17) is 13.9 Å². The minimum atomic E-state index is -1.95. The lowest BCUT2D eigenvalue weighted by Crippen LogP contribution is -2.42. The van der Waals surface area contributed by atoms with E-state index in [2.05, 4.69) is 38.8 Å². The number of aromatic nitrogens is 1. The zero-order valence-electron chi connectivity index (χ0n) is 18.3. The monoisotopic (exact) mass is 417 g/mol. The number of nitrogens with one attached hydrogen (secondary N) is 1. The van der Waals surface area contributed by atoms with Crippen molar-refractivity contribution in [1.29, 1.82) is 0 Å². The normalized spacial score (nSPS) is 18.0. The summed E-state index contributed by atoms with van der Waals surface area (Å²) < 4.78 is 17.8.